The van der Waals surface area contributed by atoms with Crippen molar-refractivity contribution >= 4 is 5.78 Å². The van der Waals surface area contributed by atoms with Gasteiger partial charge in [0.15, 0.2) is 5.78 Å². The molecule has 0 heterocycles. The van der Waals surface area contributed by atoms with Gasteiger partial charge >= 0.3 is 0 Å². The summed E-state index contributed by atoms with van der Waals surface area (Å²) in [5.74, 6) is 0.290. The summed E-state index contributed by atoms with van der Waals surface area (Å²) in [5, 5.41) is 0. The van der Waals surface area contributed by atoms with Crippen LogP contribution in [0.1, 0.15) is 19.3 Å². The molecular weight excluding hydrogens is 112 g/mol. The first-order valence-corrected chi connectivity index (χ1v) is 3.29. The minimum Gasteiger partial charge on any atom is -0.294 e. The summed E-state index contributed by atoms with van der Waals surface area (Å²) in [6.45, 7) is 0. The van der Waals surface area contributed by atoms with Gasteiger partial charge in [-0.3, -0.25) is 4.79 Å². The Labute approximate surface area is 54.1 Å². The lowest BCUT2D eigenvalue weighted by atomic mass is 9.83. The third-order valence-corrected chi connectivity index (χ3v) is 1.92. The van der Waals surface area contributed by atoms with Crippen LogP contribution in [0.5, 0.6) is 0 Å². The Morgan fingerprint density at radius 1 is 1.33 bits per heavy atom. The molecule has 0 aromatic carbocycles. The van der Waals surface area contributed by atoms with E-state index in [0.717, 1.165) is 0 Å². The molecule has 1 heteroatoms. The fourth-order valence-electron chi connectivity index (χ4n) is 1.14. The molecule has 0 N–H and O–H groups in total. The van der Waals surface area contributed by atoms with Crippen LogP contribution in [0.25, 0.3) is 0 Å². The molecule has 0 fully saturated rings. The number of hydrogen-bond acceptors (Lipinski definition) is 1. The van der Waals surface area contributed by atoms with Crippen molar-refractivity contribution in [2.45, 2.75) is 19.3 Å². The second-order valence-electron chi connectivity index (χ2n) is 2.58. The van der Waals surface area contributed by atoms with E-state index < -0.39 is 0 Å². The van der Waals surface area contributed by atoms with Gasteiger partial charge in [-0.1, -0.05) is 6.08 Å². The van der Waals surface area contributed by atoms with E-state index in [1.165, 1.54) is 24.0 Å². The van der Waals surface area contributed by atoms with Crippen LogP contribution in [0.3, 0.4) is 0 Å². The maximum absolute atomic E-state index is 10.5. The SMILES string of the molecule is O=C1C=C(C2=CCC2)C1. The molecule has 46 valence electrons. The van der Waals surface area contributed by atoms with Crippen LogP contribution in [0, 0.1) is 0 Å². The second-order valence-corrected chi connectivity index (χ2v) is 2.58. The Hall–Kier alpha value is -0.850. The van der Waals surface area contributed by atoms with Crippen molar-refractivity contribution < 1.29 is 4.79 Å². The summed E-state index contributed by atoms with van der Waals surface area (Å²) in [6.07, 6.45) is 7.06. The predicted molar refractivity (Wildman–Crippen MR) is 35.0 cm³/mol. The van der Waals surface area contributed by atoms with Gasteiger partial charge in [0.2, 0.25) is 0 Å². The maximum atomic E-state index is 10.5. The number of hydrogen-bond donors (Lipinski definition) is 0. The average Bonchev–Trinajstić information content (AvgIpc) is 1.57. The Balaban J connectivity index is 2.17. The monoisotopic (exact) mass is 120 g/mol. The van der Waals surface area contributed by atoms with E-state index in [0.29, 0.717) is 6.42 Å². The highest BCUT2D eigenvalue weighted by Crippen LogP contribution is 2.32. The molecule has 2 rings (SSSR count). The maximum Gasteiger partial charge on any atom is 0.160 e. The van der Waals surface area contributed by atoms with Gasteiger partial charge in [0.25, 0.3) is 0 Å². The first-order chi connectivity index (χ1) is 4.36. The van der Waals surface area contributed by atoms with Crippen LogP contribution in [-0.2, 0) is 4.79 Å². The van der Waals surface area contributed by atoms with Gasteiger partial charge in [0.05, 0.1) is 0 Å². The molecule has 0 amide bonds. The largest absolute Gasteiger partial charge is 0.294 e. The summed E-state index contributed by atoms with van der Waals surface area (Å²) < 4.78 is 0. The van der Waals surface area contributed by atoms with E-state index in [1.807, 2.05) is 0 Å². The van der Waals surface area contributed by atoms with E-state index in [1.54, 1.807) is 6.08 Å². The molecular formula is C8H8O. The molecule has 0 atom stereocenters. The number of carbonyl (C=O) groups excluding carboxylic acids is 1. The molecule has 0 radical (unpaired) electrons. The number of allylic oxidation sites excluding steroid dienone is 4. The lowest BCUT2D eigenvalue weighted by Crippen LogP contribution is -2.12. The fraction of sp³-hybridized carbons (Fsp3) is 0.375. The van der Waals surface area contributed by atoms with Crippen LogP contribution in [0.4, 0.5) is 0 Å². The molecule has 0 saturated carbocycles. The van der Waals surface area contributed by atoms with Crippen LogP contribution in [0.15, 0.2) is 23.3 Å². The zero-order valence-corrected chi connectivity index (χ0v) is 5.18. The Kier molecular flexibility index (Phi) is 0.865. The summed E-state index contributed by atoms with van der Waals surface area (Å²) in [6, 6.07) is 0. The van der Waals surface area contributed by atoms with Crippen LogP contribution in [0.2, 0.25) is 0 Å². The zero-order chi connectivity index (χ0) is 6.27. The minimum atomic E-state index is 0.290. The van der Waals surface area contributed by atoms with E-state index in [-0.39, 0.29) is 5.78 Å². The van der Waals surface area contributed by atoms with E-state index in [4.69, 9.17) is 0 Å². The molecule has 9 heavy (non-hydrogen) atoms. The van der Waals surface area contributed by atoms with Gasteiger partial charge in [0.1, 0.15) is 0 Å². The summed E-state index contributed by atoms with van der Waals surface area (Å²) in [5.41, 5.74) is 2.70. The van der Waals surface area contributed by atoms with Gasteiger partial charge in [0, 0.05) is 6.42 Å². The first kappa shape index (κ1) is 4.98. The molecule has 0 aromatic rings. The lowest BCUT2D eigenvalue weighted by Gasteiger charge is -2.21. The average molecular weight is 120 g/mol. The van der Waals surface area contributed by atoms with Crippen LogP contribution in [-0.4, -0.2) is 5.78 Å². The third kappa shape index (κ3) is 0.645. The van der Waals surface area contributed by atoms with Crippen molar-refractivity contribution in [2.24, 2.45) is 0 Å². The van der Waals surface area contributed by atoms with Crippen molar-refractivity contribution in [1.29, 1.82) is 0 Å². The van der Waals surface area contributed by atoms with E-state index >= 15 is 0 Å². The van der Waals surface area contributed by atoms with E-state index in [9.17, 15) is 4.79 Å². The summed E-state index contributed by atoms with van der Waals surface area (Å²) in [4.78, 5) is 10.5. The summed E-state index contributed by atoms with van der Waals surface area (Å²) in [7, 11) is 0. The molecule has 0 spiro atoms. The van der Waals surface area contributed by atoms with Gasteiger partial charge in [-0.05, 0) is 30.1 Å². The van der Waals surface area contributed by atoms with Crippen molar-refractivity contribution in [3.8, 4) is 0 Å². The van der Waals surface area contributed by atoms with Gasteiger partial charge in [-0.25, -0.2) is 0 Å². The number of ketones is 1. The molecule has 0 saturated heterocycles. The molecule has 0 unspecified atom stereocenters. The van der Waals surface area contributed by atoms with Crippen molar-refractivity contribution in [2.75, 3.05) is 0 Å². The van der Waals surface area contributed by atoms with Gasteiger partial charge < -0.3 is 0 Å². The van der Waals surface area contributed by atoms with Crippen LogP contribution >= 0.6 is 0 Å². The van der Waals surface area contributed by atoms with Gasteiger partial charge in [-0.15, -0.1) is 0 Å². The normalized spacial score (nSPS) is 23.8. The van der Waals surface area contributed by atoms with Crippen LogP contribution < -0.4 is 0 Å². The minimum absolute atomic E-state index is 0.290. The standard InChI is InChI=1S/C8H8O/c9-8-4-7(5-8)6-2-1-3-6/h2,4H,1,3,5H2. The smallest absolute Gasteiger partial charge is 0.160 e. The lowest BCUT2D eigenvalue weighted by molar-refractivity contribution is -0.115. The Morgan fingerprint density at radius 2 is 2.00 bits per heavy atom. The quantitative estimate of drug-likeness (QED) is 0.513. The zero-order valence-electron chi connectivity index (χ0n) is 5.18. The van der Waals surface area contributed by atoms with Crippen molar-refractivity contribution in [3.05, 3.63) is 23.3 Å². The topological polar surface area (TPSA) is 17.1 Å². The highest BCUT2D eigenvalue weighted by Gasteiger charge is 2.20. The molecule has 0 aliphatic heterocycles. The van der Waals surface area contributed by atoms with E-state index in [2.05, 4.69) is 6.08 Å². The predicted octanol–water partition coefficient (Wildman–Crippen LogP) is 1.61. The number of carbonyl (C=O) groups is 1. The van der Waals surface area contributed by atoms with Crippen molar-refractivity contribution in [1.82, 2.24) is 0 Å². The molecule has 2 aliphatic rings. The summed E-state index contributed by atoms with van der Waals surface area (Å²) >= 11 is 0. The molecule has 0 aromatic heterocycles. The first-order valence-electron chi connectivity index (χ1n) is 3.29. The number of rotatable bonds is 1. The Bertz CT molecular complexity index is 221. The molecule has 1 nitrogen and oxygen atoms in total. The highest BCUT2D eigenvalue weighted by molar-refractivity contribution is 6.00. The Morgan fingerprint density at radius 3 is 2.33 bits per heavy atom. The highest BCUT2D eigenvalue weighted by atomic mass is 16.1. The molecule has 0 bridgehead atoms. The third-order valence-electron chi connectivity index (χ3n) is 1.92. The molecule has 2 aliphatic carbocycles. The second kappa shape index (κ2) is 1.56. The fourth-order valence-corrected chi connectivity index (χ4v) is 1.14. The van der Waals surface area contributed by atoms with Crippen molar-refractivity contribution in [3.63, 3.8) is 0 Å². The van der Waals surface area contributed by atoms with Gasteiger partial charge in [-0.2, -0.15) is 0 Å².